The maximum absolute atomic E-state index is 3.70. The van der Waals surface area contributed by atoms with Crippen LogP contribution >= 0.6 is 0 Å². The molecule has 0 heterocycles. The molecule has 20 heavy (non-hydrogen) atoms. The van der Waals surface area contributed by atoms with Crippen molar-refractivity contribution in [1.82, 2.24) is 5.32 Å². The van der Waals surface area contributed by atoms with Crippen LogP contribution in [0.3, 0.4) is 0 Å². The highest BCUT2D eigenvalue weighted by atomic mass is 15.4. The zero-order valence-electron chi connectivity index (χ0n) is 15.3. The van der Waals surface area contributed by atoms with Crippen LogP contribution in [-0.2, 0) is 0 Å². The van der Waals surface area contributed by atoms with E-state index in [0.717, 1.165) is 23.1 Å². The summed E-state index contributed by atoms with van der Waals surface area (Å²) in [4.78, 5) is 0. The highest BCUT2D eigenvalue weighted by Crippen LogP contribution is 2.22. The second kappa shape index (κ2) is 10.6. The van der Waals surface area contributed by atoms with E-state index in [-0.39, 0.29) is 0 Å². The summed E-state index contributed by atoms with van der Waals surface area (Å²) in [6.45, 7) is 12.7. The standard InChI is InChI=1S/C18H41N2/c1-8-11-12-18(14-13-16(4)9-2)20(6,7)15-19-17(5)10-3/h16-19H,8-15H2,1-7H3/q+1. The van der Waals surface area contributed by atoms with E-state index in [4.69, 9.17) is 0 Å². The fourth-order valence-corrected chi connectivity index (χ4v) is 2.63. The molecule has 0 aromatic rings. The lowest BCUT2D eigenvalue weighted by Crippen LogP contribution is -2.55. The van der Waals surface area contributed by atoms with Crippen molar-refractivity contribution in [1.29, 1.82) is 0 Å². The summed E-state index contributed by atoms with van der Waals surface area (Å²) in [6.07, 6.45) is 9.36. The summed E-state index contributed by atoms with van der Waals surface area (Å²) < 4.78 is 1.13. The molecule has 122 valence electrons. The Hall–Kier alpha value is -0.0800. The van der Waals surface area contributed by atoms with Crippen molar-refractivity contribution in [2.24, 2.45) is 5.92 Å². The molecule has 0 spiro atoms. The number of unbranched alkanes of at least 4 members (excludes halogenated alkanes) is 1. The number of hydrogen-bond donors (Lipinski definition) is 1. The Kier molecular flexibility index (Phi) is 10.6. The normalized spacial score (nSPS) is 16.9. The summed E-state index contributed by atoms with van der Waals surface area (Å²) in [7, 11) is 4.82. The van der Waals surface area contributed by atoms with E-state index in [2.05, 4.69) is 54.0 Å². The summed E-state index contributed by atoms with van der Waals surface area (Å²) in [6, 6.07) is 1.44. The number of nitrogens with one attached hydrogen (secondary N) is 1. The Morgan fingerprint density at radius 3 is 2.05 bits per heavy atom. The zero-order valence-corrected chi connectivity index (χ0v) is 15.3. The van der Waals surface area contributed by atoms with Crippen LogP contribution < -0.4 is 5.32 Å². The van der Waals surface area contributed by atoms with Crippen LogP contribution in [0.15, 0.2) is 0 Å². The second-order valence-corrected chi connectivity index (χ2v) is 7.34. The molecule has 3 atom stereocenters. The maximum atomic E-state index is 3.70. The molecule has 0 aliphatic carbocycles. The second-order valence-electron chi connectivity index (χ2n) is 7.34. The first kappa shape index (κ1) is 19.9. The first-order valence-corrected chi connectivity index (χ1v) is 8.93. The van der Waals surface area contributed by atoms with Gasteiger partial charge in [-0.3, -0.25) is 5.32 Å². The Labute approximate surface area is 128 Å². The minimum Gasteiger partial charge on any atom is -0.314 e. The van der Waals surface area contributed by atoms with Gasteiger partial charge in [-0.25, -0.2) is 0 Å². The van der Waals surface area contributed by atoms with Crippen LogP contribution in [0.2, 0.25) is 0 Å². The molecule has 0 aliphatic heterocycles. The Morgan fingerprint density at radius 1 is 0.900 bits per heavy atom. The van der Waals surface area contributed by atoms with Gasteiger partial charge in [-0.1, -0.05) is 40.5 Å². The van der Waals surface area contributed by atoms with Crippen LogP contribution in [-0.4, -0.2) is 37.3 Å². The summed E-state index contributed by atoms with van der Waals surface area (Å²) in [5.41, 5.74) is 0. The summed E-state index contributed by atoms with van der Waals surface area (Å²) in [5, 5.41) is 3.70. The first-order valence-electron chi connectivity index (χ1n) is 8.93. The van der Waals surface area contributed by atoms with Crippen molar-refractivity contribution in [3.63, 3.8) is 0 Å². The van der Waals surface area contributed by atoms with Gasteiger partial charge in [-0.15, -0.1) is 0 Å². The molecule has 0 bridgehead atoms. The molecule has 0 aromatic carbocycles. The number of quaternary nitrogens is 1. The van der Waals surface area contributed by atoms with Gasteiger partial charge in [-0.2, -0.15) is 0 Å². The lowest BCUT2D eigenvalue weighted by molar-refractivity contribution is -0.918. The number of rotatable bonds is 12. The Balaban J connectivity index is 4.46. The fourth-order valence-electron chi connectivity index (χ4n) is 2.63. The smallest absolute Gasteiger partial charge is 0.132 e. The molecule has 0 aromatic heterocycles. The topological polar surface area (TPSA) is 12.0 Å². The van der Waals surface area contributed by atoms with Crippen LogP contribution in [0.25, 0.3) is 0 Å². The van der Waals surface area contributed by atoms with Gasteiger partial charge in [0.25, 0.3) is 0 Å². The average molecular weight is 286 g/mol. The lowest BCUT2D eigenvalue weighted by Gasteiger charge is -2.39. The van der Waals surface area contributed by atoms with E-state index < -0.39 is 0 Å². The molecular formula is C18H41N2+. The molecule has 0 radical (unpaired) electrons. The predicted molar refractivity (Wildman–Crippen MR) is 91.9 cm³/mol. The summed E-state index contributed by atoms with van der Waals surface area (Å²) >= 11 is 0. The van der Waals surface area contributed by atoms with Crippen LogP contribution in [0.5, 0.6) is 0 Å². The van der Waals surface area contributed by atoms with Crippen LogP contribution in [0, 0.1) is 5.92 Å². The van der Waals surface area contributed by atoms with Crippen LogP contribution in [0.4, 0.5) is 0 Å². The van der Waals surface area contributed by atoms with E-state index in [0.29, 0.717) is 6.04 Å². The van der Waals surface area contributed by atoms with Gasteiger partial charge in [-0.05, 0) is 44.9 Å². The van der Waals surface area contributed by atoms with Crippen LogP contribution in [0.1, 0.15) is 79.6 Å². The van der Waals surface area contributed by atoms with Crippen molar-refractivity contribution >= 4 is 0 Å². The van der Waals surface area contributed by atoms with E-state index >= 15 is 0 Å². The minimum atomic E-state index is 0.633. The van der Waals surface area contributed by atoms with E-state index in [9.17, 15) is 0 Å². The van der Waals surface area contributed by atoms with E-state index in [1.54, 1.807) is 0 Å². The maximum Gasteiger partial charge on any atom is 0.132 e. The number of hydrogen-bond acceptors (Lipinski definition) is 1. The van der Waals surface area contributed by atoms with Gasteiger partial charge in [0, 0.05) is 6.04 Å². The van der Waals surface area contributed by atoms with Gasteiger partial charge in [0.15, 0.2) is 0 Å². The first-order chi connectivity index (χ1) is 9.37. The molecule has 1 N–H and O–H groups in total. The van der Waals surface area contributed by atoms with Gasteiger partial charge in [0.05, 0.1) is 20.1 Å². The van der Waals surface area contributed by atoms with Crippen molar-refractivity contribution in [3.8, 4) is 0 Å². The van der Waals surface area contributed by atoms with E-state index in [1.807, 2.05) is 0 Å². The molecule has 2 nitrogen and oxygen atoms in total. The molecule has 0 amide bonds. The van der Waals surface area contributed by atoms with Crippen molar-refractivity contribution < 1.29 is 4.48 Å². The van der Waals surface area contributed by atoms with Crippen molar-refractivity contribution in [2.45, 2.75) is 91.6 Å². The SMILES string of the molecule is CCCCC(CCC(C)CC)[N+](C)(C)CNC(C)CC. The fraction of sp³-hybridized carbons (Fsp3) is 1.00. The van der Waals surface area contributed by atoms with Gasteiger partial charge in [0.1, 0.15) is 6.67 Å². The van der Waals surface area contributed by atoms with E-state index in [1.165, 1.54) is 44.9 Å². The molecule has 0 aliphatic rings. The van der Waals surface area contributed by atoms with Gasteiger partial charge in [0.2, 0.25) is 0 Å². The van der Waals surface area contributed by atoms with Gasteiger partial charge < -0.3 is 4.48 Å². The molecule has 0 rings (SSSR count). The Bertz CT molecular complexity index is 225. The summed E-state index contributed by atoms with van der Waals surface area (Å²) in [5.74, 6) is 0.877. The third-order valence-electron chi connectivity index (χ3n) is 5.03. The quantitative estimate of drug-likeness (QED) is 0.401. The molecular weight excluding hydrogens is 244 g/mol. The number of nitrogens with zero attached hydrogens (tertiary/aromatic N) is 1. The monoisotopic (exact) mass is 285 g/mol. The predicted octanol–water partition coefficient (Wildman–Crippen LogP) is 4.79. The highest BCUT2D eigenvalue weighted by molar-refractivity contribution is 4.63. The molecule has 2 heteroatoms. The molecule has 0 saturated heterocycles. The average Bonchev–Trinajstić information content (AvgIpc) is 2.44. The lowest BCUT2D eigenvalue weighted by atomic mass is 9.95. The van der Waals surface area contributed by atoms with Crippen molar-refractivity contribution in [3.05, 3.63) is 0 Å². The van der Waals surface area contributed by atoms with Crippen molar-refractivity contribution in [2.75, 3.05) is 20.8 Å². The molecule has 0 saturated carbocycles. The third kappa shape index (κ3) is 8.26. The Morgan fingerprint density at radius 2 is 1.55 bits per heavy atom. The largest absolute Gasteiger partial charge is 0.314 e. The minimum absolute atomic E-state index is 0.633. The molecule has 3 unspecified atom stereocenters. The third-order valence-corrected chi connectivity index (χ3v) is 5.03. The van der Waals surface area contributed by atoms with Gasteiger partial charge >= 0.3 is 0 Å². The molecule has 0 fully saturated rings. The zero-order chi connectivity index (χ0) is 15.6. The highest BCUT2D eigenvalue weighted by Gasteiger charge is 2.27.